The second-order valence-corrected chi connectivity index (χ2v) is 7.12. The number of H-pyrrole nitrogens is 1. The van der Waals surface area contributed by atoms with Crippen molar-refractivity contribution in [3.63, 3.8) is 0 Å². The number of benzene rings is 1. The lowest BCUT2D eigenvalue weighted by Gasteiger charge is -2.09. The monoisotopic (exact) mass is 336 g/mol. The lowest BCUT2D eigenvalue weighted by molar-refractivity contribution is 0.708. The molecule has 3 rings (SSSR count). The van der Waals surface area contributed by atoms with E-state index in [2.05, 4.69) is 9.97 Å². The van der Waals surface area contributed by atoms with Gasteiger partial charge in [0.05, 0.1) is 5.75 Å². The second kappa shape index (κ2) is 6.95. The van der Waals surface area contributed by atoms with Crippen LogP contribution >= 0.6 is 35.6 Å². The molecule has 0 radical (unpaired) electrons. The number of fused-ring (bicyclic) bond motifs is 1. The molecule has 0 aliphatic heterocycles. The molecule has 0 bridgehead atoms. The summed E-state index contributed by atoms with van der Waals surface area (Å²) in [4.78, 5) is 9.27. The van der Waals surface area contributed by atoms with Crippen LogP contribution in [-0.4, -0.2) is 9.97 Å². The number of aromatic amines is 1. The molecule has 0 spiro atoms. The number of halogens is 1. The van der Waals surface area contributed by atoms with E-state index < -0.39 is 0 Å². The minimum atomic E-state index is 0.766. The molecule has 0 unspecified atom stereocenters. The largest absolute Gasteiger partial charge is 0.346 e. The highest BCUT2D eigenvalue weighted by Crippen LogP contribution is 2.25. The molecule has 1 aliphatic rings. The van der Waals surface area contributed by atoms with E-state index in [0.29, 0.717) is 0 Å². The predicted molar refractivity (Wildman–Crippen MR) is 91.7 cm³/mol. The van der Waals surface area contributed by atoms with Crippen molar-refractivity contribution < 1.29 is 0 Å². The smallest absolute Gasteiger partial charge is 0.133 e. The number of hydrogen-bond donors (Lipinski definition) is 1. The van der Waals surface area contributed by atoms with Gasteiger partial charge in [-0.1, -0.05) is 30.2 Å². The number of nitrogens with one attached hydrogen (secondary N) is 1. The normalized spacial score (nSPS) is 14.5. The summed E-state index contributed by atoms with van der Waals surface area (Å²) in [5, 5.41) is 0.766. The van der Waals surface area contributed by atoms with E-state index in [4.69, 9.17) is 23.8 Å². The summed E-state index contributed by atoms with van der Waals surface area (Å²) in [6, 6.07) is 7.89. The minimum absolute atomic E-state index is 0.766. The first-order valence-electron chi connectivity index (χ1n) is 7.22. The SMILES string of the molecule is S=c1nc(CSc2ccc(Cl)cc2)[nH]c2c1CCCCC2. The maximum atomic E-state index is 5.90. The number of aryl methyl sites for hydroxylation is 1. The van der Waals surface area contributed by atoms with Crippen molar-refractivity contribution in [1.29, 1.82) is 0 Å². The first-order valence-corrected chi connectivity index (χ1v) is 8.99. The van der Waals surface area contributed by atoms with Gasteiger partial charge in [-0.15, -0.1) is 11.8 Å². The van der Waals surface area contributed by atoms with E-state index in [1.807, 2.05) is 24.3 Å². The molecule has 21 heavy (non-hydrogen) atoms. The molecule has 0 fully saturated rings. The van der Waals surface area contributed by atoms with Gasteiger partial charge in [-0.3, -0.25) is 0 Å². The van der Waals surface area contributed by atoms with E-state index in [1.54, 1.807) is 11.8 Å². The third kappa shape index (κ3) is 3.87. The van der Waals surface area contributed by atoms with Crippen LogP contribution in [0.1, 0.15) is 36.3 Å². The highest BCUT2D eigenvalue weighted by Gasteiger charge is 2.12. The third-order valence-electron chi connectivity index (χ3n) is 3.70. The molecular weight excluding hydrogens is 320 g/mol. The molecule has 1 heterocycles. The molecule has 0 saturated heterocycles. The second-order valence-electron chi connectivity index (χ2n) is 5.25. The van der Waals surface area contributed by atoms with Gasteiger partial charge in [0.1, 0.15) is 10.5 Å². The van der Waals surface area contributed by atoms with Gasteiger partial charge < -0.3 is 4.98 Å². The zero-order valence-electron chi connectivity index (χ0n) is 11.7. The van der Waals surface area contributed by atoms with Crippen molar-refractivity contribution in [2.24, 2.45) is 0 Å². The molecule has 110 valence electrons. The summed E-state index contributed by atoms with van der Waals surface area (Å²) in [5.41, 5.74) is 2.57. The van der Waals surface area contributed by atoms with Gasteiger partial charge in [-0.05, 0) is 49.9 Å². The lowest BCUT2D eigenvalue weighted by Crippen LogP contribution is -2.03. The van der Waals surface area contributed by atoms with Crippen LogP contribution < -0.4 is 0 Å². The minimum Gasteiger partial charge on any atom is -0.346 e. The van der Waals surface area contributed by atoms with Crippen LogP contribution in [0.2, 0.25) is 5.02 Å². The van der Waals surface area contributed by atoms with E-state index in [0.717, 1.165) is 34.1 Å². The van der Waals surface area contributed by atoms with Crippen molar-refractivity contribution in [3.05, 3.63) is 51.0 Å². The van der Waals surface area contributed by atoms with E-state index in [9.17, 15) is 0 Å². The zero-order valence-corrected chi connectivity index (χ0v) is 14.1. The molecule has 1 aromatic carbocycles. The standard InChI is InChI=1S/C16H17ClN2S2/c17-11-6-8-12(9-7-11)21-10-15-18-14-5-3-1-2-4-13(14)16(20)19-15/h6-9H,1-5,10H2,(H,18,19,20). The molecule has 1 aliphatic carbocycles. The fourth-order valence-corrected chi connectivity index (χ4v) is 3.83. The Morgan fingerprint density at radius 3 is 2.71 bits per heavy atom. The van der Waals surface area contributed by atoms with Crippen LogP contribution in [0.25, 0.3) is 0 Å². The van der Waals surface area contributed by atoms with Crippen LogP contribution in [0.5, 0.6) is 0 Å². The van der Waals surface area contributed by atoms with E-state index in [1.165, 1.54) is 35.4 Å². The molecule has 0 amide bonds. The third-order valence-corrected chi connectivity index (χ3v) is 5.31. The number of aromatic nitrogens is 2. The average Bonchev–Trinajstić information content (AvgIpc) is 2.72. The van der Waals surface area contributed by atoms with Gasteiger partial charge in [-0.2, -0.15) is 0 Å². The summed E-state index contributed by atoms with van der Waals surface area (Å²) in [5.74, 6) is 1.78. The first-order chi connectivity index (χ1) is 10.2. The van der Waals surface area contributed by atoms with Crippen LogP contribution in [0.15, 0.2) is 29.2 Å². The summed E-state index contributed by atoms with van der Waals surface area (Å²) in [6.45, 7) is 0. The predicted octanol–water partition coefficient (Wildman–Crippen LogP) is 5.35. The van der Waals surface area contributed by atoms with Crippen molar-refractivity contribution in [2.45, 2.75) is 42.8 Å². The molecule has 2 aromatic rings. The number of thioether (sulfide) groups is 1. The average molecular weight is 337 g/mol. The van der Waals surface area contributed by atoms with E-state index >= 15 is 0 Å². The van der Waals surface area contributed by atoms with Crippen LogP contribution in [-0.2, 0) is 18.6 Å². The van der Waals surface area contributed by atoms with Crippen molar-refractivity contribution in [1.82, 2.24) is 9.97 Å². The zero-order chi connectivity index (χ0) is 14.7. The van der Waals surface area contributed by atoms with Crippen molar-refractivity contribution in [2.75, 3.05) is 0 Å². The Balaban J connectivity index is 1.77. The van der Waals surface area contributed by atoms with Crippen LogP contribution in [0.3, 0.4) is 0 Å². The van der Waals surface area contributed by atoms with Gasteiger partial charge in [0.2, 0.25) is 0 Å². The summed E-state index contributed by atoms with van der Waals surface area (Å²) >= 11 is 13.1. The molecule has 1 N–H and O–H groups in total. The number of rotatable bonds is 3. The quantitative estimate of drug-likeness (QED) is 0.465. The van der Waals surface area contributed by atoms with Gasteiger partial charge >= 0.3 is 0 Å². The summed E-state index contributed by atoms with van der Waals surface area (Å²) in [7, 11) is 0. The van der Waals surface area contributed by atoms with Gasteiger partial charge in [0, 0.05) is 21.2 Å². The Labute approximate surface area is 139 Å². The topological polar surface area (TPSA) is 28.7 Å². The van der Waals surface area contributed by atoms with Gasteiger partial charge in [-0.25, -0.2) is 4.98 Å². The van der Waals surface area contributed by atoms with E-state index in [-0.39, 0.29) is 0 Å². The summed E-state index contributed by atoms with van der Waals surface area (Å²) < 4.78 is 0.789. The number of hydrogen-bond acceptors (Lipinski definition) is 3. The highest BCUT2D eigenvalue weighted by molar-refractivity contribution is 7.98. The van der Waals surface area contributed by atoms with Crippen molar-refractivity contribution in [3.8, 4) is 0 Å². The maximum Gasteiger partial charge on any atom is 0.133 e. The number of nitrogens with zero attached hydrogens (tertiary/aromatic N) is 1. The maximum absolute atomic E-state index is 5.90. The Bertz CT molecular complexity index is 680. The fraction of sp³-hybridized carbons (Fsp3) is 0.375. The molecule has 0 saturated carbocycles. The van der Waals surface area contributed by atoms with Crippen molar-refractivity contribution >= 4 is 35.6 Å². The summed E-state index contributed by atoms with van der Waals surface area (Å²) in [6.07, 6.45) is 5.92. The van der Waals surface area contributed by atoms with Gasteiger partial charge in [0.25, 0.3) is 0 Å². The Hall–Kier alpha value is -0.840. The molecule has 5 heteroatoms. The highest BCUT2D eigenvalue weighted by atomic mass is 35.5. The van der Waals surface area contributed by atoms with Gasteiger partial charge in [0.15, 0.2) is 0 Å². The Kier molecular flexibility index (Phi) is 4.99. The molecule has 0 atom stereocenters. The van der Waals surface area contributed by atoms with Crippen LogP contribution in [0.4, 0.5) is 0 Å². The van der Waals surface area contributed by atoms with Crippen LogP contribution in [0, 0.1) is 4.64 Å². The lowest BCUT2D eigenvalue weighted by atomic mass is 10.1. The fourth-order valence-electron chi connectivity index (χ4n) is 2.60. The Morgan fingerprint density at radius 1 is 1.14 bits per heavy atom. The first kappa shape index (κ1) is 15.1. The molecule has 1 aromatic heterocycles. The Morgan fingerprint density at radius 2 is 1.90 bits per heavy atom. The molecular formula is C16H17ClN2S2. The molecule has 2 nitrogen and oxygen atoms in total.